The van der Waals surface area contributed by atoms with Gasteiger partial charge in [-0.1, -0.05) is 6.92 Å². The lowest BCUT2D eigenvalue weighted by Gasteiger charge is -2.32. The SMILES string of the molecule is CCS(=O)(=O)CC(=O)N[C@@H]1COCC[C@@H]1Oc1ccc(F)cc1. The molecule has 0 spiro atoms. The molecule has 8 heteroatoms. The molecule has 1 aliphatic rings. The molecule has 1 aliphatic heterocycles. The van der Waals surface area contributed by atoms with Crippen LogP contribution >= 0.6 is 0 Å². The third-order valence-electron chi connectivity index (χ3n) is 3.53. The van der Waals surface area contributed by atoms with Gasteiger partial charge in [-0.05, 0) is 24.3 Å². The van der Waals surface area contributed by atoms with E-state index in [0.29, 0.717) is 18.8 Å². The third-order valence-corrected chi connectivity index (χ3v) is 5.11. The van der Waals surface area contributed by atoms with Gasteiger partial charge in [-0.2, -0.15) is 0 Å². The van der Waals surface area contributed by atoms with E-state index in [-0.39, 0.29) is 24.3 Å². The summed E-state index contributed by atoms with van der Waals surface area (Å²) in [6, 6.07) is 5.14. The summed E-state index contributed by atoms with van der Waals surface area (Å²) in [5.74, 6) is -1.09. The van der Waals surface area contributed by atoms with E-state index in [1.807, 2.05) is 0 Å². The molecule has 1 heterocycles. The molecule has 1 amide bonds. The maximum atomic E-state index is 12.9. The first kappa shape index (κ1) is 17.7. The van der Waals surface area contributed by atoms with Crippen LogP contribution in [0.1, 0.15) is 13.3 Å². The fourth-order valence-corrected chi connectivity index (χ4v) is 2.92. The van der Waals surface area contributed by atoms with Crippen LogP contribution in [0.2, 0.25) is 0 Å². The lowest BCUT2D eigenvalue weighted by atomic mass is 10.1. The molecule has 0 saturated carbocycles. The number of hydrogen-bond acceptors (Lipinski definition) is 5. The van der Waals surface area contributed by atoms with E-state index >= 15 is 0 Å². The molecule has 2 rings (SSSR count). The van der Waals surface area contributed by atoms with E-state index < -0.39 is 27.5 Å². The molecule has 0 aromatic heterocycles. The Morgan fingerprint density at radius 1 is 1.39 bits per heavy atom. The van der Waals surface area contributed by atoms with Crippen molar-refractivity contribution in [2.75, 3.05) is 24.7 Å². The molecule has 1 aromatic carbocycles. The van der Waals surface area contributed by atoms with Crippen molar-refractivity contribution >= 4 is 15.7 Å². The molecular formula is C15H20FNO5S. The van der Waals surface area contributed by atoms with E-state index in [1.165, 1.54) is 31.2 Å². The Balaban J connectivity index is 1.98. The van der Waals surface area contributed by atoms with Crippen LogP contribution in [0, 0.1) is 5.82 Å². The van der Waals surface area contributed by atoms with E-state index in [2.05, 4.69) is 5.32 Å². The van der Waals surface area contributed by atoms with Gasteiger partial charge in [0.25, 0.3) is 0 Å². The van der Waals surface area contributed by atoms with Crippen LogP contribution in [-0.4, -0.2) is 51.2 Å². The second-order valence-electron chi connectivity index (χ2n) is 5.32. The van der Waals surface area contributed by atoms with Crippen LogP contribution in [0.3, 0.4) is 0 Å². The van der Waals surface area contributed by atoms with Crippen molar-refractivity contribution in [3.8, 4) is 5.75 Å². The minimum atomic E-state index is -3.39. The second kappa shape index (κ2) is 7.74. The maximum Gasteiger partial charge on any atom is 0.235 e. The molecule has 0 bridgehead atoms. The van der Waals surface area contributed by atoms with Gasteiger partial charge in [0.2, 0.25) is 5.91 Å². The first-order valence-corrected chi connectivity index (χ1v) is 9.21. The second-order valence-corrected chi connectivity index (χ2v) is 7.68. The number of carbonyl (C=O) groups excluding carboxylic acids is 1. The predicted octanol–water partition coefficient (Wildman–Crippen LogP) is 0.913. The van der Waals surface area contributed by atoms with Gasteiger partial charge in [-0.15, -0.1) is 0 Å². The van der Waals surface area contributed by atoms with Crippen LogP contribution in [0.5, 0.6) is 5.75 Å². The van der Waals surface area contributed by atoms with Crippen molar-refractivity contribution in [2.24, 2.45) is 0 Å². The molecule has 2 atom stereocenters. The van der Waals surface area contributed by atoms with Gasteiger partial charge in [0, 0.05) is 12.2 Å². The molecule has 128 valence electrons. The molecule has 0 unspecified atom stereocenters. The lowest BCUT2D eigenvalue weighted by Crippen LogP contribution is -2.53. The normalized spacial score (nSPS) is 21.7. The Labute approximate surface area is 134 Å². The first-order valence-electron chi connectivity index (χ1n) is 7.39. The lowest BCUT2D eigenvalue weighted by molar-refractivity contribution is -0.121. The Bertz CT molecular complexity index is 632. The zero-order chi connectivity index (χ0) is 16.9. The average molecular weight is 345 g/mol. The zero-order valence-corrected chi connectivity index (χ0v) is 13.6. The van der Waals surface area contributed by atoms with Gasteiger partial charge in [0.05, 0.1) is 19.3 Å². The van der Waals surface area contributed by atoms with Crippen LogP contribution < -0.4 is 10.1 Å². The molecule has 1 N–H and O–H groups in total. The van der Waals surface area contributed by atoms with Gasteiger partial charge in [0.1, 0.15) is 23.4 Å². The van der Waals surface area contributed by atoms with Crippen molar-refractivity contribution in [2.45, 2.75) is 25.5 Å². The van der Waals surface area contributed by atoms with Crippen LogP contribution in [0.25, 0.3) is 0 Å². The molecule has 1 aromatic rings. The molecule has 1 saturated heterocycles. The van der Waals surface area contributed by atoms with E-state index in [1.54, 1.807) is 0 Å². The number of nitrogens with one attached hydrogen (secondary N) is 1. The Morgan fingerprint density at radius 3 is 2.74 bits per heavy atom. The number of benzene rings is 1. The number of halogens is 1. The molecule has 23 heavy (non-hydrogen) atoms. The summed E-state index contributed by atoms with van der Waals surface area (Å²) in [5, 5.41) is 2.65. The van der Waals surface area contributed by atoms with Crippen LogP contribution in [0.4, 0.5) is 4.39 Å². The van der Waals surface area contributed by atoms with Gasteiger partial charge >= 0.3 is 0 Å². The van der Waals surface area contributed by atoms with Gasteiger partial charge < -0.3 is 14.8 Å². The Morgan fingerprint density at radius 2 is 2.09 bits per heavy atom. The number of amides is 1. The summed E-state index contributed by atoms with van der Waals surface area (Å²) in [5.41, 5.74) is 0. The highest BCUT2D eigenvalue weighted by Gasteiger charge is 2.30. The largest absolute Gasteiger partial charge is 0.488 e. The smallest absolute Gasteiger partial charge is 0.235 e. The number of carbonyl (C=O) groups is 1. The summed E-state index contributed by atoms with van der Waals surface area (Å²) < 4.78 is 47.0. The van der Waals surface area contributed by atoms with Gasteiger partial charge in [-0.3, -0.25) is 4.79 Å². The van der Waals surface area contributed by atoms with Gasteiger partial charge in [0.15, 0.2) is 9.84 Å². The number of hydrogen-bond donors (Lipinski definition) is 1. The number of rotatable bonds is 6. The van der Waals surface area contributed by atoms with Crippen molar-refractivity contribution in [1.29, 1.82) is 0 Å². The van der Waals surface area contributed by atoms with Crippen molar-refractivity contribution in [1.82, 2.24) is 5.32 Å². The highest BCUT2D eigenvalue weighted by atomic mass is 32.2. The number of ether oxygens (including phenoxy) is 2. The maximum absolute atomic E-state index is 12.9. The summed E-state index contributed by atoms with van der Waals surface area (Å²) in [4.78, 5) is 11.9. The third kappa shape index (κ3) is 5.47. The van der Waals surface area contributed by atoms with Crippen molar-refractivity contribution in [3.63, 3.8) is 0 Å². The Kier molecular flexibility index (Phi) is 5.95. The van der Waals surface area contributed by atoms with Gasteiger partial charge in [-0.25, -0.2) is 12.8 Å². The van der Waals surface area contributed by atoms with E-state index in [9.17, 15) is 17.6 Å². The molecule has 1 fully saturated rings. The fraction of sp³-hybridized carbons (Fsp3) is 0.533. The fourth-order valence-electron chi connectivity index (χ4n) is 2.23. The predicted molar refractivity (Wildman–Crippen MR) is 82.5 cm³/mol. The first-order chi connectivity index (χ1) is 10.9. The zero-order valence-electron chi connectivity index (χ0n) is 12.8. The molecule has 0 radical (unpaired) electrons. The van der Waals surface area contributed by atoms with Crippen molar-refractivity contribution < 1.29 is 27.1 Å². The monoisotopic (exact) mass is 345 g/mol. The Hall–Kier alpha value is -1.67. The minimum Gasteiger partial charge on any atom is -0.488 e. The van der Waals surface area contributed by atoms with Crippen LogP contribution in [0.15, 0.2) is 24.3 Å². The standard InChI is InChI=1S/C15H20FNO5S/c1-2-23(19,20)10-15(18)17-13-9-21-8-7-14(13)22-12-5-3-11(16)4-6-12/h3-6,13-14H,2,7-10H2,1H3,(H,17,18)/t13-,14+/m1/s1. The van der Waals surface area contributed by atoms with Crippen LogP contribution in [-0.2, 0) is 19.4 Å². The van der Waals surface area contributed by atoms with Crippen molar-refractivity contribution in [3.05, 3.63) is 30.1 Å². The molecule has 6 nitrogen and oxygen atoms in total. The quantitative estimate of drug-likeness (QED) is 0.829. The minimum absolute atomic E-state index is 0.0862. The molecule has 0 aliphatic carbocycles. The highest BCUT2D eigenvalue weighted by molar-refractivity contribution is 7.92. The molecular weight excluding hydrogens is 325 g/mol. The number of sulfone groups is 1. The summed E-state index contributed by atoms with van der Waals surface area (Å²) in [6.45, 7) is 2.21. The summed E-state index contributed by atoms with van der Waals surface area (Å²) in [7, 11) is -3.39. The topological polar surface area (TPSA) is 81.7 Å². The highest BCUT2D eigenvalue weighted by Crippen LogP contribution is 2.18. The van der Waals surface area contributed by atoms with E-state index in [0.717, 1.165) is 0 Å². The summed E-state index contributed by atoms with van der Waals surface area (Å²) >= 11 is 0. The van der Waals surface area contributed by atoms with E-state index in [4.69, 9.17) is 9.47 Å². The average Bonchev–Trinajstić information content (AvgIpc) is 2.51. The summed E-state index contributed by atoms with van der Waals surface area (Å²) in [6.07, 6.45) is 0.186.